The Hall–Kier alpha value is -0.710. The summed E-state index contributed by atoms with van der Waals surface area (Å²) in [7, 11) is 0. The maximum atomic E-state index is 12.2. The quantitative estimate of drug-likeness (QED) is 0.170. The summed E-state index contributed by atoms with van der Waals surface area (Å²) in [4.78, 5) is 12.2. The molecule has 38 heavy (non-hydrogen) atoms. The molecule has 0 spiro atoms. The van der Waals surface area contributed by atoms with Crippen LogP contribution in [0.1, 0.15) is 118 Å². The Kier molecular flexibility index (Phi) is 10.6. The van der Waals surface area contributed by atoms with E-state index in [1.807, 2.05) is 6.92 Å². The van der Waals surface area contributed by atoms with Gasteiger partial charge in [0.15, 0.2) is 5.78 Å². The van der Waals surface area contributed by atoms with Gasteiger partial charge in [-0.2, -0.15) is 0 Å². The lowest BCUT2D eigenvalue weighted by atomic mass is 9.44. The first-order valence-electron chi connectivity index (χ1n) is 16.5. The highest BCUT2D eigenvalue weighted by atomic mass is 16.1. The second-order valence-corrected chi connectivity index (χ2v) is 14.6. The van der Waals surface area contributed by atoms with Crippen LogP contribution in [0.15, 0.2) is 12.2 Å². The van der Waals surface area contributed by atoms with Gasteiger partial charge < -0.3 is 16.4 Å². The SMILES string of the molecule is C=C(C)C(=O)CC[C@@H](C)C1CCC2C3CC[C@H]4C[C@@H](NCCCNCCCCN)CC[C@]4(C)C3CC[C@@]21C. The number of fused-ring (bicyclic) bond motifs is 5. The number of carbonyl (C=O) groups excluding carboxylic acids is 1. The van der Waals surface area contributed by atoms with Gasteiger partial charge in [0.05, 0.1) is 0 Å². The van der Waals surface area contributed by atoms with Crippen LogP contribution in [0.25, 0.3) is 0 Å². The van der Waals surface area contributed by atoms with Crippen molar-refractivity contribution in [1.29, 1.82) is 0 Å². The van der Waals surface area contributed by atoms with Gasteiger partial charge >= 0.3 is 0 Å². The van der Waals surface area contributed by atoms with Crippen LogP contribution < -0.4 is 16.4 Å². The van der Waals surface area contributed by atoms with Crippen molar-refractivity contribution in [2.24, 2.45) is 52.1 Å². The molecule has 0 aromatic heterocycles. The Morgan fingerprint density at radius 1 is 0.947 bits per heavy atom. The molecule has 0 saturated heterocycles. The van der Waals surface area contributed by atoms with E-state index in [9.17, 15) is 4.79 Å². The van der Waals surface area contributed by atoms with Crippen molar-refractivity contribution < 1.29 is 4.79 Å². The first-order valence-corrected chi connectivity index (χ1v) is 16.5. The molecule has 0 aromatic carbocycles. The summed E-state index contributed by atoms with van der Waals surface area (Å²) < 4.78 is 0. The predicted molar refractivity (Wildman–Crippen MR) is 161 cm³/mol. The fourth-order valence-corrected chi connectivity index (χ4v) is 10.2. The zero-order valence-electron chi connectivity index (χ0n) is 25.5. The van der Waals surface area contributed by atoms with E-state index in [0.29, 0.717) is 23.2 Å². The minimum absolute atomic E-state index is 0.270. The van der Waals surface area contributed by atoms with E-state index < -0.39 is 0 Å². The van der Waals surface area contributed by atoms with E-state index in [-0.39, 0.29) is 5.78 Å². The van der Waals surface area contributed by atoms with Gasteiger partial charge in [0, 0.05) is 12.5 Å². The number of nitrogens with one attached hydrogen (secondary N) is 2. The summed E-state index contributed by atoms with van der Waals surface area (Å²) in [5.74, 6) is 5.43. The maximum Gasteiger partial charge on any atom is 0.157 e. The van der Waals surface area contributed by atoms with Crippen LogP contribution in [-0.4, -0.2) is 38.0 Å². The third-order valence-electron chi connectivity index (χ3n) is 12.5. The van der Waals surface area contributed by atoms with Crippen LogP contribution in [0.5, 0.6) is 0 Å². The van der Waals surface area contributed by atoms with Gasteiger partial charge in [0.2, 0.25) is 0 Å². The Bertz CT molecular complexity index is 797. The Balaban J connectivity index is 1.27. The molecular weight excluding hydrogens is 466 g/mol. The van der Waals surface area contributed by atoms with E-state index >= 15 is 0 Å². The molecule has 4 aliphatic rings. The average molecular weight is 528 g/mol. The number of hydrogen-bond acceptors (Lipinski definition) is 4. The number of rotatable bonds is 14. The lowest BCUT2D eigenvalue weighted by Gasteiger charge is -2.61. The van der Waals surface area contributed by atoms with E-state index in [0.717, 1.165) is 80.2 Å². The number of hydrogen-bond donors (Lipinski definition) is 3. The maximum absolute atomic E-state index is 12.2. The normalized spacial score (nSPS) is 39.2. The largest absolute Gasteiger partial charge is 0.330 e. The average Bonchev–Trinajstić information content (AvgIpc) is 3.25. The zero-order chi connectivity index (χ0) is 27.3. The standard InChI is InChI=1S/C34H61N3O/c1-24(2)32(38)14-9-25(3)29-12-13-30-28-11-10-26-23-27(37-22-8-21-36-20-7-6-19-35)15-17-33(26,4)31(28)16-18-34(29,30)5/h25-31,36-37H,1,6-23,35H2,2-5H3/t25-,26+,27+,28?,29?,30?,31?,33+,34-/m1/s1. The third kappa shape index (κ3) is 6.44. The summed E-state index contributed by atoms with van der Waals surface area (Å²) in [6.07, 6.45) is 18.1. The fourth-order valence-electron chi connectivity index (χ4n) is 10.2. The number of ketones is 1. The number of nitrogens with two attached hydrogens (primary N) is 1. The highest BCUT2D eigenvalue weighted by Gasteiger charge is 2.60. The predicted octanol–water partition coefficient (Wildman–Crippen LogP) is 6.88. The highest BCUT2D eigenvalue weighted by Crippen LogP contribution is 2.68. The molecule has 0 bridgehead atoms. The molecule has 4 rings (SSSR count). The van der Waals surface area contributed by atoms with Crippen molar-refractivity contribution in [3.8, 4) is 0 Å². The molecule has 0 radical (unpaired) electrons. The van der Waals surface area contributed by atoms with Crippen molar-refractivity contribution >= 4 is 5.78 Å². The molecular formula is C34H61N3O. The molecule has 4 heteroatoms. The van der Waals surface area contributed by atoms with Crippen molar-refractivity contribution in [2.75, 3.05) is 26.2 Å². The molecule has 0 aliphatic heterocycles. The number of carbonyl (C=O) groups is 1. The van der Waals surface area contributed by atoms with Crippen LogP contribution in [0.2, 0.25) is 0 Å². The summed E-state index contributed by atoms with van der Waals surface area (Å²) in [5.41, 5.74) is 7.37. The van der Waals surface area contributed by atoms with Crippen molar-refractivity contribution in [2.45, 2.75) is 124 Å². The monoisotopic (exact) mass is 527 g/mol. The van der Waals surface area contributed by atoms with E-state index in [1.54, 1.807) is 0 Å². The molecule has 4 N–H and O–H groups in total. The first-order chi connectivity index (χ1) is 18.2. The molecule has 0 heterocycles. The van der Waals surface area contributed by atoms with Crippen LogP contribution >= 0.6 is 0 Å². The molecule has 4 unspecified atom stereocenters. The minimum atomic E-state index is 0.270. The third-order valence-corrected chi connectivity index (χ3v) is 12.5. The summed E-state index contributed by atoms with van der Waals surface area (Å²) in [6, 6.07) is 0.731. The van der Waals surface area contributed by atoms with Crippen molar-refractivity contribution in [1.82, 2.24) is 10.6 Å². The van der Waals surface area contributed by atoms with Crippen LogP contribution in [-0.2, 0) is 4.79 Å². The Morgan fingerprint density at radius 2 is 1.68 bits per heavy atom. The summed E-state index contributed by atoms with van der Waals surface area (Å²) >= 11 is 0. The molecule has 9 atom stereocenters. The summed E-state index contributed by atoms with van der Waals surface area (Å²) in [6.45, 7) is 17.7. The van der Waals surface area contributed by atoms with Gasteiger partial charge in [0.25, 0.3) is 0 Å². The zero-order valence-corrected chi connectivity index (χ0v) is 25.5. The van der Waals surface area contributed by atoms with E-state index in [2.05, 4.69) is 38.0 Å². The Labute approximate surface area is 235 Å². The van der Waals surface area contributed by atoms with E-state index in [1.165, 1.54) is 70.6 Å². The highest BCUT2D eigenvalue weighted by molar-refractivity contribution is 5.94. The van der Waals surface area contributed by atoms with Gasteiger partial charge in [-0.25, -0.2) is 0 Å². The van der Waals surface area contributed by atoms with Gasteiger partial charge in [-0.15, -0.1) is 0 Å². The smallest absolute Gasteiger partial charge is 0.157 e. The number of unbranched alkanes of at least 4 members (excludes halogenated alkanes) is 1. The molecule has 218 valence electrons. The lowest BCUT2D eigenvalue weighted by molar-refractivity contribution is -0.119. The topological polar surface area (TPSA) is 67.2 Å². The first kappa shape index (κ1) is 30.3. The second kappa shape index (κ2) is 13.3. The molecule has 0 amide bonds. The second-order valence-electron chi connectivity index (χ2n) is 14.6. The van der Waals surface area contributed by atoms with Gasteiger partial charge in [-0.1, -0.05) is 27.4 Å². The molecule has 4 fully saturated rings. The van der Waals surface area contributed by atoms with Crippen LogP contribution in [0.4, 0.5) is 0 Å². The van der Waals surface area contributed by atoms with Gasteiger partial charge in [-0.3, -0.25) is 4.79 Å². The summed E-state index contributed by atoms with van der Waals surface area (Å²) in [5, 5.41) is 7.52. The molecule has 0 aromatic rings. The Morgan fingerprint density at radius 3 is 2.45 bits per heavy atom. The fraction of sp³-hybridized carbons (Fsp3) is 0.912. The number of Topliss-reactive ketones (excluding diaryl/α,β-unsaturated/α-hetero) is 1. The van der Waals surface area contributed by atoms with Gasteiger partial charge in [-0.05, 0) is 168 Å². The van der Waals surface area contributed by atoms with Crippen molar-refractivity contribution in [3.63, 3.8) is 0 Å². The molecule has 4 aliphatic carbocycles. The molecule has 4 saturated carbocycles. The molecule has 4 nitrogen and oxygen atoms in total. The van der Waals surface area contributed by atoms with Gasteiger partial charge in [0.1, 0.15) is 0 Å². The van der Waals surface area contributed by atoms with E-state index in [4.69, 9.17) is 5.73 Å². The van der Waals surface area contributed by atoms with Crippen LogP contribution in [0, 0.1) is 46.3 Å². The van der Waals surface area contributed by atoms with Crippen molar-refractivity contribution in [3.05, 3.63) is 12.2 Å². The minimum Gasteiger partial charge on any atom is -0.330 e. The van der Waals surface area contributed by atoms with Crippen LogP contribution in [0.3, 0.4) is 0 Å². The lowest BCUT2D eigenvalue weighted by Crippen LogP contribution is -2.55. The number of allylic oxidation sites excluding steroid dienone is 1.